The molecule has 1 heterocycles. The van der Waals surface area contributed by atoms with Gasteiger partial charge in [-0.2, -0.15) is 0 Å². The largest absolute Gasteiger partial charge is 0.493 e. The van der Waals surface area contributed by atoms with Crippen LogP contribution in [0.25, 0.3) is 0 Å². The second-order valence-corrected chi connectivity index (χ2v) is 7.02. The Morgan fingerprint density at radius 1 is 1.12 bits per heavy atom. The molecule has 1 saturated heterocycles. The minimum atomic E-state index is 0.0481. The maximum absolute atomic E-state index is 12.9. The molecule has 0 radical (unpaired) electrons. The molecule has 1 fully saturated rings. The number of hydrogen-bond acceptors (Lipinski definition) is 5. The number of carbonyl (C=O) groups is 1. The lowest BCUT2D eigenvalue weighted by Gasteiger charge is -2.44. The van der Waals surface area contributed by atoms with Gasteiger partial charge in [0.25, 0.3) is 5.91 Å². The average molecular weight is 349 g/mol. The van der Waals surface area contributed by atoms with Crippen molar-refractivity contribution in [1.82, 2.24) is 14.7 Å². The van der Waals surface area contributed by atoms with Crippen molar-refractivity contribution in [3.05, 3.63) is 23.8 Å². The zero-order valence-electron chi connectivity index (χ0n) is 16.3. The quantitative estimate of drug-likeness (QED) is 0.784. The van der Waals surface area contributed by atoms with E-state index in [0.29, 0.717) is 29.1 Å². The summed E-state index contributed by atoms with van der Waals surface area (Å²) in [7, 11) is 7.35. The zero-order chi connectivity index (χ0) is 18.6. The van der Waals surface area contributed by atoms with Gasteiger partial charge in [0.1, 0.15) is 0 Å². The molecule has 0 aromatic heterocycles. The van der Waals surface area contributed by atoms with Crippen molar-refractivity contribution in [2.45, 2.75) is 25.9 Å². The minimum Gasteiger partial charge on any atom is -0.493 e. The van der Waals surface area contributed by atoms with E-state index < -0.39 is 0 Å². The summed E-state index contributed by atoms with van der Waals surface area (Å²) in [6.45, 7) is 7.92. The van der Waals surface area contributed by atoms with E-state index in [1.54, 1.807) is 32.4 Å². The molecule has 2 rings (SSSR count). The van der Waals surface area contributed by atoms with E-state index in [2.05, 4.69) is 37.7 Å². The molecule has 1 aromatic rings. The molecule has 0 N–H and O–H groups in total. The van der Waals surface area contributed by atoms with Gasteiger partial charge in [-0.15, -0.1) is 0 Å². The van der Waals surface area contributed by atoms with Gasteiger partial charge in [-0.1, -0.05) is 0 Å². The van der Waals surface area contributed by atoms with Crippen LogP contribution in [0.4, 0.5) is 0 Å². The van der Waals surface area contributed by atoms with Crippen LogP contribution in [-0.4, -0.2) is 87.2 Å². The lowest BCUT2D eigenvalue weighted by Crippen LogP contribution is -2.59. The first-order chi connectivity index (χ1) is 11.9. The smallest absolute Gasteiger partial charge is 0.254 e. The Labute approximate surface area is 151 Å². The van der Waals surface area contributed by atoms with Gasteiger partial charge in [0.2, 0.25) is 0 Å². The number of hydrogen-bond donors (Lipinski definition) is 0. The van der Waals surface area contributed by atoms with Crippen molar-refractivity contribution in [3.8, 4) is 11.5 Å². The summed E-state index contributed by atoms with van der Waals surface area (Å²) >= 11 is 0. The van der Waals surface area contributed by atoms with Crippen LogP contribution in [0.3, 0.4) is 0 Å². The van der Waals surface area contributed by atoms with E-state index >= 15 is 0 Å². The Hall–Kier alpha value is -1.79. The van der Waals surface area contributed by atoms with Crippen LogP contribution in [0.5, 0.6) is 11.5 Å². The van der Waals surface area contributed by atoms with Gasteiger partial charge in [0, 0.05) is 43.8 Å². The molecular formula is C19H31N3O3. The van der Waals surface area contributed by atoms with Gasteiger partial charge >= 0.3 is 0 Å². The van der Waals surface area contributed by atoms with Crippen molar-refractivity contribution in [1.29, 1.82) is 0 Å². The molecule has 0 aliphatic carbocycles. The van der Waals surface area contributed by atoms with E-state index in [1.165, 1.54) is 0 Å². The number of likely N-dealkylation sites (N-methyl/N-ethyl adjacent to an activating group) is 1. The minimum absolute atomic E-state index is 0.0481. The van der Waals surface area contributed by atoms with Crippen LogP contribution < -0.4 is 9.47 Å². The fourth-order valence-corrected chi connectivity index (χ4v) is 3.43. The first-order valence-electron chi connectivity index (χ1n) is 8.79. The molecule has 0 bridgehead atoms. The van der Waals surface area contributed by atoms with Gasteiger partial charge in [-0.05, 0) is 46.1 Å². The second kappa shape index (κ2) is 8.54. The summed E-state index contributed by atoms with van der Waals surface area (Å²) in [5.41, 5.74) is 0.638. The molecule has 0 saturated carbocycles. The third kappa shape index (κ3) is 4.64. The van der Waals surface area contributed by atoms with Crippen LogP contribution >= 0.6 is 0 Å². The summed E-state index contributed by atoms with van der Waals surface area (Å²) in [4.78, 5) is 19.6. The first kappa shape index (κ1) is 19.5. The van der Waals surface area contributed by atoms with Crippen LogP contribution in [0, 0.1) is 0 Å². The number of piperazine rings is 1. The predicted octanol–water partition coefficient (Wildman–Crippen LogP) is 1.80. The fourth-order valence-electron chi connectivity index (χ4n) is 3.43. The number of benzene rings is 1. The Balaban J connectivity index is 2.08. The molecule has 6 nitrogen and oxygen atoms in total. The predicted molar refractivity (Wildman–Crippen MR) is 99.6 cm³/mol. The highest BCUT2D eigenvalue weighted by Gasteiger charge is 2.32. The van der Waals surface area contributed by atoms with Crippen molar-refractivity contribution >= 4 is 5.91 Å². The van der Waals surface area contributed by atoms with Crippen LogP contribution in [-0.2, 0) is 0 Å². The van der Waals surface area contributed by atoms with Gasteiger partial charge < -0.3 is 19.3 Å². The first-order valence-corrected chi connectivity index (χ1v) is 8.79. The number of nitrogens with zero attached hydrogens (tertiary/aromatic N) is 3. The molecule has 2 unspecified atom stereocenters. The highest BCUT2D eigenvalue weighted by molar-refractivity contribution is 5.95. The molecule has 1 amide bonds. The van der Waals surface area contributed by atoms with Crippen molar-refractivity contribution < 1.29 is 14.3 Å². The summed E-state index contributed by atoms with van der Waals surface area (Å²) in [5, 5.41) is 0. The molecule has 140 valence electrons. The van der Waals surface area contributed by atoms with E-state index in [-0.39, 0.29) is 5.91 Å². The molecule has 2 atom stereocenters. The Morgan fingerprint density at radius 2 is 1.72 bits per heavy atom. The molecular weight excluding hydrogens is 318 g/mol. The molecule has 25 heavy (non-hydrogen) atoms. The number of rotatable bonds is 6. The van der Waals surface area contributed by atoms with Gasteiger partial charge in [-0.3, -0.25) is 9.69 Å². The summed E-state index contributed by atoms with van der Waals surface area (Å²) < 4.78 is 10.6. The van der Waals surface area contributed by atoms with E-state index in [4.69, 9.17) is 9.47 Å². The van der Waals surface area contributed by atoms with Crippen LogP contribution in [0.2, 0.25) is 0 Å². The summed E-state index contributed by atoms with van der Waals surface area (Å²) in [5.74, 6) is 1.26. The second-order valence-electron chi connectivity index (χ2n) is 7.02. The molecule has 1 aliphatic heterocycles. The lowest BCUT2D eigenvalue weighted by atomic mass is 10.1. The van der Waals surface area contributed by atoms with Crippen molar-refractivity contribution in [2.24, 2.45) is 0 Å². The highest BCUT2D eigenvalue weighted by Crippen LogP contribution is 2.28. The zero-order valence-corrected chi connectivity index (χ0v) is 16.3. The molecule has 6 heteroatoms. The number of carbonyl (C=O) groups excluding carboxylic acids is 1. The van der Waals surface area contributed by atoms with Crippen molar-refractivity contribution in [3.63, 3.8) is 0 Å². The lowest BCUT2D eigenvalue weighted by molar-refractivity contribution is 0.0282. The average Bonchev–Trinajstić information content (AvgIpc) is 2.59. The fraction of sp³-hybridized carbons (Fsp3) is 0.632. The monoisotopic (exact) mass is 349 g/mol. The number of methoxy groups -OCH3 is 2. The van der Waals surface area contributed by atoms with Crippen LogP contribution in [0.1, 0.15) is 24.2 Å². The molecule has 1 aromatic carbocycles. The maximum Gasteiger partial charge on any atom is 0.254 e. The highest BCUT2D eigenvalue weighted by atomic mass is 16.5. The maximum atomic E-state index is 12.9. The van der Waals surface area contributed by atoms with E-state index in [0.717, 1.165) is 26.2 Å². The molecule has 0 spiro atoms. The molecule has 1 aliphatic rings. The van der Waals surface area contributed by atoms with E-state index in [9.17, 15) is 4.79 Å². The third-order valence-electron chi connectivity index (χ3n) is 4.82. The SMILES string of the molecule is COc1ccc(C(=O)N2CC(C)N(CCN(C)C)C(C)C2)cc1OC. The Bertz CT molecular complexity index is 579. The standard InChI is InChI=1S/C19H31N3O3/c1-14-12-21(13-15(2)22(14)10-9-20(3)4)19(23)16-7-8-17(24-5)18(11-16)25-6/h7-8,11,14-15H,9-10,12-13H2,1-6H3. The van der Waals surface area contributed by atoms with Crippen molar-refractivity contribution in [2.75, 3.05) is 54.5 Å². The van der Waals surface area contributed by atoms with E-state index in [1.807, 2.05) is 4.90 Å². The third-order valence-corrected chi connectivity index (χ3v) is 4.82. The van der Waals surface area contributed by atoms with Crippen LogP contribution in [0.15, 0.2) is 18.2 Å². The van der Waals surface area contributed by atoms with Gasteiger partial charge in [0.15, 0.2) is 11.5 Å². The Kier molecular flexibility index (Phi) is 6.67. The topological polar surface area (TPSA) is 45.2 Å². The summed E-state index contributed by atoms with van der Waals surface area (Å²) in [6, 6.07) is 6.03. The van der Waals surface area contributed by atoms with Gasteiger partial charge in [0.05, 0.1) is 14.2 Å². The summed E-state index contributed by atoms with van der Waals surface area (Å²) in [6.07, 6.45) is 0. The number of amides is 1. The van der Waals surface area contributed by atoms with Gasteiger partial charge in [-0.25, -0.2) is 0 Å². The normalized spacial score (nSPS) is 21.5. The Morgan fingerprint density at radius 3 is 2.24 bits per heavy atom. The number of ether oxygens (including phenoxy) is 2.